The highest BCUT2D eigenvalue weighted by atomic mass is 32.1. The predicted octanol–water partition coefficient (Wildman–Crippen LogP) is 3.57. The Kier molecular flexibility index (Phi) is 5.29. The highest BCUT2D eigenvalue weighted by molar-refractivity contribution is 7.12. The number of nitrogens with zero attached hydrogens (tertiary/aromatic N) is 1. The van der Waals surface area contributed by atoms with Gasteiger partial charge in [0.05, 0.1) is 4.88 Å². The molecule has 7 heteroatoms. The molecule has 1 aromatic carbocycles. The second kappa shape index (κ2) is 8.00. The molecule has 6 nitrogen and oxygen atoms in total. The monoisotopic (exact) mass is 386 g/mol. The van der Waals surface area contributed by atoms with E-state index in [4.69, 9.17) is 9.47 Å². The van der Waals surface area contributed by atoms with Crippen molar-refractivity contribution in [3.05, 3.63) is 40.6 Å². The molecule has 0 unspecified atom stereocenters. The van der Waals surface area contributed by atoms with Gasteiger partial charge in [-0.25, -0.2) is 0 Å². The van der Waals surface area contributed by atoms with Gasteiger partial charge in [0, 0.05) is 17.8 Å². The van der Waals surface area contributed by atoms with Crippen molar-refractivity contribution in [2.45, 2.75) is 38.1 Å². The zero-order valence-corrected chi connectivity index (χ0v) is 15.8. The Hall–Kier alpha value is -2.54. The highest BCUT2D eigenvalue weighted by Gasteiger charge is 2.25. The predicted molar refractivity (Wildman–Crippen MR) is 104 cm³/mol. The maximum absolute atomic E-state index is 13.0. The summed E-state index contributed by atoms with van der Waals surface area (Å²) in [6.07, 6.45) is 5.53. The molecular formula is C20H22N2O4S. The lowest BCUT2D eigenvalue weighted by molar-refractivity contribution is -0.120. The number of rotatable bonds is 5. The van der Waals surface area contributed by atoms with Crippen LogP contribution < -0.4 is 19.7 Å². The molecule has 0 bridgehead atoms. The van der Waals surface area contributed by atoms with Crippen molar-refractivity contribution < 1.29 is 19.1 Å². The number of hydrogen-bond acceptors (Lipinski definition) is 5. The van der Waals surface area contributed by atoms with Crippen molar-refractivity contribution in [3.8, 4) is 11.5 Å². The number of thiophene rings is 1. The Morgan fingerprint density at radius 3 is 2.70 bits per heavy atom. The van der Waals surface area contributed by atoms with Crippen LogP contribution in [0.1, 0.15) is 41.8 Å². The van der Waals surface area contributed by atoms with E-state index in [1.807, 2.05) is 11.4 Å². The Morgan fingerprint density at radius 1 is 1.11 bits per heavy atom. The quantitative estimate of drug-likeness (QED) is 0.853. The third-order valence-corrected chi connectivity index (χ3v) is 5.77. The van der Waals surface area contributed by atoms with Crippen molar-refractivity contribution in [1.29, 1.82) is 0 Å². The van der Waals surface area contributed by atoms with Crippen LogP contribution in [0.3, 0.4) is 0 Å². The van der Waals surface area contributed by atoms with Crippen LogP contribution >= 0.6 is 11.3 Å². The fourth-order valence-corrected chi connectivity index (χ4v) is 4.20. The minimum Gasteiger partial charge on any atom is -0.454 e. The molecule has 0 saturated heterocycles. The van der Waals surface area contributed by atoms with Gasteiger partial charge in [-0.15, -0.1) is 11.3 Å². The number of amides is 2. The van der Waals surface area contributed by atoms with Crippen LogP contribution in [0.4, 0.5) is 5.69 Å². The van der Waals surface area contributed by atoms with E-state index in [9.17, 15) is 9.59 Å². The van der Waals surface area contributed by atoms with Gasteiger partial charge in [-0.3, -0.25) is 14.5 Å². The minimum absolute atomic E-state index is 0.0210. The molecule has 2 aromatic rings. The molecule has 2 amide bonds. The fraction of sp³-hybridized carbons (Fsp3) is 0.400. The molecule has 1 aliphatic heterocycles. The molecule has 1 saturated carbocycles. The van der Waals surface area contributed by atoms with E-state index in [-0.39, 0.29) is 31.2 Å². The van der Waals surface area contributed by atoms with Crippen LogP contribution in [-0.2, 0) is 4.79 Å². The molecule has 0 spiro atoms. The van der Waals surface area contributed by atoms with E-state index in [2.05, 4.69) is 5.32 Å². The lowest BCUT2D eigenvalue weighted by Crippen LogP contribution is -2.44. The molecule has 142 valence electrons. The number of fused-ring (bicyclic) bond motifs is 1. The number of benzene rings is 1. The van der Waals surface area contributed by atoms with Crippen molar-refractivity contribution in [2.24, 2.45) is 0 Å². The summed E-state index contributed by atoms with van der Waals surface area (Å²) in [5.74, 6) is 0.908. The van der Waals surface area contributed by atoms with E-state index in [1.54, 1.807) is 24.3 Å². The number of nitrogens with one attached hydrogen (secondary N) is 1. The smallest absolute Gasteiger partial charge is 0.268 e. The number of anilines is 1. The Labute approximate surface area is 162 Å². The van der Waals surface area contributed by atoms with E-state index in [0.29, 0.717) is 22.1 Å². The van der Waals surface area contributed by atoms with Crippen LogP contribution in [-0.4, -0.2) is 31.2 Å². The van der Waals surface area contributed by atoms with Gasteiger partial charge in [-0.05, 0) is 36.4 Å². The average Bonchev–Trinajstić information content (AvgIpc) is 3.37. The maximum Gasteiger partial charge on any atom is 0.268 e. The van der Waals surface area contributed by atoms with Crippen LogP contribution in [0.15, 0.2) is 35.7 Å². The van der Waals surface area contributed by atoms with Gasteiger partial charge in [0.1, 0.15) is 6.54 Å². The van der Waals surface area contributed by atoms with Crippen LogP contribution in [0, 0.1) is 0 Å². The van der Waals surface area contributed by atoms with Crippen molar-refractivity contribution >= 4 is 28.8 Å². The highest BCUT2D eigenvalue weighted by Crippen LogP contribution is 2.36. The molecule has 2 heterocycles. The normalized spacial score (nSPS) is 16.1. The first-order valence-electron chi connectivity index (χ1n) is 9.25. The first-order chi connectivity index (χ1) is 13.2. The molecule has 1 aromatic heterocycles. The molecule has 0 radical (unpaired) electrons. The molecule has 1 N–H and O–H groups in total. The van der Waals surface area contributed by atoms with E-state index in [0.717, 1.165) is 25.7 Å². The minimum atomic E-state index is -0.192. The van der Waals surface area contributed by atoms with Gasteiger partial charge in [0.2, 0.25) is 12.7 Å². The van der Waals surface area contributed by atoms with E-state index >= 15 is 0 Å². The number of carbonyl (C=O) groups excluding carboxylic acids is 2. The first kappa shape index (κ1) is 17.9. The third-order valence-electron chi connectivity index (χ3n) is 4.92. The summed E-state index contributed by atoms with van der Waals surface area (Å²) in [5, 5.41) is 4.94. The van der Waals surface area contributed by atoms with Crippen molar-refractivity contribution in [1.82, 2.24) is 5.32 Å². The van der Waals surface area contributed by atoms with Crippen molar-refractivity contribution in [2.75, 3.05) is 18.2 Å². The van der Waals surface area contributed by atoms with E-state index in [1.165, 1.54) is 22.7 Å². The van der Waals surface area contributed by atoms with Crippen molar-refractivity contribution in [3.63, 3.8) is 0 Å². The Balaban J connectivity index is 1.54. The topological polar surface area (TPSA) is 67.9 Å². The average molecular weight is 386 g/mol. The largest absolute Gasteiger partial charge is 0.454 e. The maximum atomic E-state index is 13.0. The van der Waals surface area contributed by atoms with Gasteiger partial charge in [-0.2, -0.15) is 0 Å². The number of ether oxygens (including phenoxy) is 2. The molecule has 1 fully saturated rings. The van der Waals surface area contributed by atoms with Gasteiger partial charge >= 0.3 is 0 Å². The SMILES string of the molecule is O=C(CN(C(=O)c1cccs1)c1ccc2c(c1)OCO2)NC1CCCCC1. The molecule has 0 atom stereocenters. The van der Waals surface area contributed by atoms with Crippen LogP contribution in [0.25, 0.3) is 0 Å². The van der Waals surface area contributed by atoms with Gasteiger partial charge in [-0.1, -0.05) is 25.3 Å². The Morgan fingerprint density at radius 2 is 1.93 bits per heavy atom. The van der Waals surface area contributed by atoms with E-state index < -0.39 is 0 Å². The first-order valence-corrected chi connectivity index (χ1v) is 10.1. The number of carbonyl (C=O) groups is 2. The van der Waals surface area contributed by atoms with Gasteiger partial charge < -0.3 is 14.8 Å². The summed E-state index contributed by atoms with van der Waals surface area (Å²) in [6.45, 7) is 0.146. The zero-order valence-electron chi connectivity index (χ0n) is 15.0. The van der Waals surface area contributed by atoms with Crippen LogP contribution in [0.5, 0.6) is 11.5 Å². The third kappa shape index (κ3) is 4.08. The summed E-state index contributed by atoms with van der Waals surface area (Å²) in [7, 11) is 0. The summed E-state index contributed by atoms with van der Waals surface area (Å²) in [6, 6.07) is 9.12. The summed E-state index contributed by atoms with van der Waals surface area (Å²) >= 11 is 1.36. The molecular weight excluding hydrogens is 364 g/mol. The summed E-state index contributed by atoms with van der Waals surface area (Å²) < 4.78 is 10.8. The zero-order chi connectivity index (χ0) is 18.6. The Bertz CT molecular complexity index is 815. The molecule has 27 heavy (non-hydrogen) atoms. The molecule has 4 rings (SSSR count). The summed E-state index contributed by atoms with van der Waals surface area (Å²) in [4.78, 5) is 27.8. The molecule has 1 aliphatic carbocycles. The summed E-state index contributed by atoms with van der Waals surface area (Å²) in [5.41, 5.74) is 0.622. The number of hydrogen-bond donors (Lipinski definition) is 1. The van der Waals surface area contributed by atoms with Gasteiger partial charge in [0.15, 0.2) is 11.5 Å². The van der Waals surface area contributed by atoms with Gasteiger partial charge in [0.25, 0.3) is 5.91 Å². The second-order valence-electron chi connectivity index (χ2n) is 6.81. The lowest BCUT2D eigenvalue weighted by atomic mass is 9.95. The lowest BCUT2D eigenvalue weighted by Gasteiger charge is -2.26. The fourth-order valence-electron chi connectivity index (χ4n) is 3.53. The standard InChI is InChI=1S/C20H22N2O4S/c23-19(21-14-5-2-1-3-6-14)12-22(20(24)18-7-4-10-27-18)15-8-9-16-17(11-15)26-13-25-16/h4,7-11,14H,1-3,5-6,12-13H2,(H,21,23). The van der Waals surface area contributed by atoms with Crippen LogP contribution in [0.2, 0.25) is 0 Å². The second-order valence-corrected chi connectivity index (χ2v) is 7.76. The molecule has 2 aliphatic rings.